The van der Waals surface area contributed by atoms with Crippen molar-refractivity contribution in [3.8, 4) is 0 Å². The van der Waals surface area contributed by atoms with Crippen LogP contribution in [0.1, 0.15) is 23.0 Å². The first-order valence-electron chi connectivity index (χ1n) is 3.50. The van der Waals surface area contributed by atoms with Crippen LogP contribution in [0.25, 0.3) is 0 Å². The van der Waals surface area contributed by atoms with Crippen molar-refractivity contribution in [2.75, 3.05) is 0 Å². The minimum Gasteiger partial charge on any atom is -0.481 e. The highest BCUT2D eigenvalue weighted by molar-refractivity contribution is 5.96. The molecule has 0 aliphatic heterocycles. The first kappa shape index (κ1) is 8.52. The monoisotopic (exact) mass is 167 g/mol. The van der Waals surface area contributed by atoms with Gasteiger partial charge in [-0.15, -0.1) is 0 Å². The fraction of sp³-hybridized carbons (Fsp3) is 0.250. The second-order valence-electron chi connectivity index (χ2n) is 2.50. The summed E-state index contributed by atoms with van der Waals surface area (Å²) in [7, 11) is 0. The van der Waals surface area contributed by atoms with E-state index in [-0.39, 0.29) is 12.2 Å². The van der Waals surface area contributed by atoms with Crippen LogP contribution in [0.5, 0.6) is 0 Å². The van der Waals surface area contributed by atoms with Crippen LogP contribution in [0.15, 0.2) is 12.3 Å². The van der Waals surface area contributed by atoms with Crippen molar-refractivity contribution in [2.24, 2.45) is 0 Å². The summed E-state index contributed by atoms with van der Waals surface area (Å²) in [5.41, 5.74) is 0.924. The molecule has 1 heterocycles. The lowest BCUT2D eigenvalue weighted by Crippen LogP contribution is -2.04. The number of aromatic nitrogens is 1. The van der Waals surface area contributed by atoms with Crippen molar-refractivity contribution in [2.45, 2.75) is 13.3 Å². The molecular weight excluding hydrogens is 158 g/mol. The van der Waals surface area contributed by atoms with E-state index in [9.17, 15) is 9.59 Å². The average molecular weight is 167 g/mol. The van der Waals surface area contributed by atoms with E-state index in [0.29, 0.717) is 11.3 Å². The molecule has 0 aliphatic carbocycles. The number of rotatable bonds is 3. The minimum absolute atomic E-state index is 0.118. The number of nitrogens with one attached hydrogen (secondary N) is 1. The summed E-state index contributed by atoms with van der Waals surface area (Å²) in [6, 6.07) is 1.58. The fourth-order valence-corrected chi connectivity index (χ4v) is 1.03. The standard InChI is InChI=1S/C8H9NO3/c1-5(10)6-2-3-9-7(6)4-8(11)12/h2-3,9H,4H2,1H3,(H,11,12). The van der Waals surface area contributed by atoms with Gasteiger partial charge in [-0.3, -0.25) is 9.59 Å². The van der Waals surface area contributed by atoms with E-state index in [4.69, 9.17) is 5.11 Å². The third-order valence-corrected chi connectivity index (χ3v) is 1.54. The topological polar surface area (TPSA) is 70.2 Å². The van der Waals surface area contributed by atoms with E-state index in [0.717, 1.165) is 0 Å². The highest BCUT2D eigenvalue weighted by Gasteiger charge is 2.10. The second-order valence-corrected chi connectivity index (χ2v) is 2.50. The van der Waals surface area contributed by atoms with Crippen LogP contribution < -0.4 is 0 Å². The van der Waals surface area contributed by atoms with E-state index in [1.165, 1.54) is 6.92 Å². The van der Waals surface area contributed by atoms with Gasteiger partial charge in [-0.2, -0.15) is 0 Å². The summed E-state index contributed by atoms with van der Waals surface area (Å²) in [5.74, 6) is -1.06. The summed E-state index contributed by atoms with van der Waals surface area (Å²) in [6.45, 7) is 1.41. The summed E-state index contributed by atoms with van der Waals surface area (Å²) in [5, 5.41) is 8.46. The van der Waals surface area contributed by atoms with Crippen LogP contribution in [0.3, 0.4) is 0 Å². The lowest BCUT2D eigenvalue weighted by atomic mass is 10.1. The Bertz CT molecular complexity index is 314. The van der Waals surface area contributed by atoms with Crippen molar-refractivity contribution < 1.29 is 14.7 Å². The molecule has 1 aromatic rings. The number of carbonyl (C=O) groups excluding carboxylic acids is 1. The van der Waals surface area contributed by atoms with Gasteiger partial charge in [0.25, 0.3) is 0 Å². The molecule has 0 spiro atoms. The Hall–Kier alpha value is -1.58. The number of aliphatic carboxylic acids is 1. The maximum atomic E-state index is 10.9. The van der Waals surface area contributed by atoms with Crippen LogP contribution in [0.4, 0.5) is 0 Å². The molecule has 4 nitrogen and oxygen atoms in total. The Labute approximate surface area is 69.2 Å². The molecule has 1 rings (SSSR count). The zero-order valence-corrected chi connectivity index (χ0v) is 6.63. The highest BCUT2D eigenvalue weighted by Crippen LogP contribution is 2.07. The summed E-state index contributed by atoms with van der Waals surface area (Å²) in [4.78, 5) is 23.9. The van der Waals surface area contributed by atoms with E-state index in [1.807, 2.05) is 0 Å². The largest absolute Gasteiger partial charge is 0.481 e. The Morgan fingerprint density at radius 3 is 2.75 bits per heavy atom. The molecule has 0 radical (unpaired) electrons. The zero-order chi connectivity index (χ0) is 9.14. The van der Waals surface area contributed by atoms with Crippen LogP contribution in [-0.2, 0) is 11.2 Å². The molecule has 2 N–H and O–H groups in total. The lowest BCUT2D eigenvalue weighted by Gasteiger charge is -1.95. The molecule has 0 saturated carbocycles. The van der Waals surface area contributed by atoms with E-state index < -0.39 is 5.97 Å². The van der Waals surface area contributed by atoms with Gasteiger partial charge < -0.3 is 10.1 Å². The number of carboxylic acids is 1. The van der Waals surface area contributed by atoms with Gasteiger partial charge in [0.15, 0.2) is 5.78 Å². The molecule has 4 heteroatoms. The van der Waals surface area contributed by atoms with E-state index >= 15 is 0 Å². The number of hydrogen-bond acceptors (Lipinski definition) is 2. The van der Waals surface area contributed by atoms with Crippen molar-refractivity contribution in [3.05, 3.63) is 23.5 Å². The number of H-pyrrole nitrogens is 1. The quantitative estimate of drug-likeness (QED) is 0.655. The third-order valence-electron chi connectivity index (χ3n) is 1.54. The summed E-state index contributed by atoms with van der Waals surface area (Å²) < 4.78 is 0. The Balaban J connectivity index is 2.91. The summed E-state index contributed by atoms with van der Waals surface area (Å²) in [6.07, 6.45) is 1.43. The number of hydrogen-bond donors (Lipinski definition) is 2. The maximum absolute atomic E-state index is 10.9. The van der Waals surface area contributed by atoms with Gasteiger partial charge >= 0.3 is 5.97 Å². The van der Waals surface area contributed by atoms with Crippen molar-refractivity contribution in [1.82, 2.24) is 4.98 Å². The van der Waals surface area contributed by atoms with Gasteiger partial charge in [-0.1, -0.05) is 0 Å². The van der Waals surface area contributed by atoms with Crippen LogP contribution in [0.2, 0.25) is 0 Å². The molecule has 0 aliphatic rings. The normalized spacial score (nSPS) is 9.75. The molecule has 0 bridgehead atoms. The highest BCUT2D eigenvalue weighted by atomic mass is 16.4. The third kappa shape index (κ3) is 1.72. The first-order chi connectivity index (χ1) is 5.61. The van der Waals surface area contributed by atoms with Crippen molar-refractivity contribution >= 4 is 11.8 Å². The average Bonchev–Trinajstić information content (AvgIpc) is 2.33. The van der Waals surface area contributed by atoms with Gasteiger partial charge in [-0.05, 0) is 13.0 Å². The second kappa shape index (κ2) is 3.21. The van der Waals surface area contributed by atoms with Crippen molar-refractivity contribution in [3.63, 3.8) is 0 Å². The molecular formula is C8H9NO3. The Morgan fingerprint density at radius 2 is 2.25 bits per heavy atom. The predicted molar refractivity (Wildman–Crippen MR) is 42.1 cm³/mol. The van der Waals surface area contributed by atoms with Gasteiger partial charge in [0.05, 0.1) is 6.42 Å². The molecule has 0 fully saturated rings. The first-order valence-corrected chi connectivity index (χ1v) is 3.50. The fourth-order valence-electron chi connectivity index (χ4n) is 1.03. The maximum Gasteiger partial charge on any atom is 0.309 e. The number of carboxylic acid groups (broad SMARTS) is 1. The van der Waals surface area contributed by atoms with Gasteiger partial charge in [-0.25, -0.2) is 0 Å². The predicted octanol–water partition coefficient (Wildman–Crippen LogP) is 0.844. The van der Waals surface area contributed by atoms with Gasteiger partial charge in [0.2, 0.25) is 0 Å². The van der Waals surface area contributed by atoms with Crippen LogP contribution in [0, 0.1) is 0 Å². The molecule has 0 amide bonds. The van der Waals surface area contributed by atoms with E-state index in [2.05, 4.69) is 4.98 Å². The molecule has 64 valence electrons. The molecule has 0 saturated heterocycles. The van der Waals surface area contributed by atoms with Crippen LogP contribution >= 0.6 is 0 Å². The molecule has 0 atom stereocenters. The number of aromatic amines is 1. The van der Waals surface area contributed by atoms with Crippen molar-refractivity contribution in [1.29, 1.82) is 0 Å². The molecule has 0 unspecified atom stereocenters. The zero-order valence-electron chi connectivity index (χ0n) is 6.63. The van der Waals surface area contributed by atoms with Gasteiger partial charge in [0, 0.05) is 17.5 Å². The van der Waals surface area contributed by atoms with E-state index in [1.54, 1.807) is 12.3 Å². The number of carbonyl (C=O) groups is 2. The lowest BCUT2D eigenvalue weighted by molar-refractivity contribution is -0.136. The molecule has 12 heavy (non-hydrogen) atoms. The van der Waals surface area contributed by atoms with Gasteiger partial charge in [0.1, 0.15) is 0 Å². The smallest absolute Gasteiger partial charge is 0.309 e. The number of ketones is 1. The van der Waals surface area contributed by atoms with Crippen LogP contribution in [-0.4, -0.2) is 21.8 Å². The molecule has 1 aromatic heterocycles. The Morgan fingerprint density at radius 1 is 1.58 bits per heavy atom. The molecule has 0 aromatic carbocycles. The minimum atomic E-state index is -0.944. The number of Topliss-reactive ketones (excluding diaryl/α,β-unsaturated/α-hetero) is 1. The Kier molecular flexibility index (Phi) is 2.28. The summed E-state index contributed by atoms with van der Waals surface area (Å²) >= 11 is 0. The SMILES string of the molecule is CC(=O)c1cc[nH]c1CC(=O)O.